The number of ketones is 1. The van der Waals surface area contributed by atoms with E-state index in [4.69, 9.17) is 0 Å². The van der Waals surface area contributed by atoms with Gasteiger partial charge in [0, 0.05) is 31.8 Å². The molecule has 2 heterocycles. The zero-order valence-corrected chi connectivity index (χ0v) is 29.5. The fourth-order valence-electron chi connectivity index (χ4n) is 5.16. The third kappa shape index (κ3) is 12.3. The van der Waals surface area contributed by atoms with Crippen molar-refractivity contribution in [3.05, 3.63) is 18.2 Å². The summed E-state index contributed by atoms with van der Waals surface area (Å²) in [7, 11) is 0. The second-order valence-corrected chi connectivity index (χ2v) is 13.0. The number of imidazole rings is 1. The number of amides is 7. The maximum atomic E-state index is 13.3. The molecule has 7 N–H and O–H groups in total. The van der Waals surface area contributed by atoms with Gasteiger partial charge in [0.15, 0.2) is 5.78 Å². The van der Waals surface area contributed by atoms with Crippen molar-refractivity contribution in [2.24, 2.45) is 11.8 Å². The minimum absolute atomic E-state index is 0.0166. The monoisotopic (exact) mass is 689 g/mol. The second-order valence-electron chi connectivity index (χ2n) is 13.0. The van der Waals surface area contributed by atoms with E-state index >= 15 is 0 Å². The first kappa shape index (κ1) is 40.3. The average molecular weight is 690 g/mol. The minimum Gasteiger partial charge on any atom is -0.348 e. The van der Waals surface area contributed by atoms with Gasteiger partial charge < -0.3 is 41.8 Å². The zero-order valence-electron chi connectivity index (χ0n) is 29.5. The molecule has 2 rings (SSSR count). The number of hydrogen-bond donors (Lipinski definition) is 7. The maximum absolute atomic E-state index is 13.3. The quantitative estimate of drug-likeness (QED) is 0.1000. The van der Waals surface area contributed by atoms with Crippen LogP contribution < -0.4 is 31.9 Å². The number of carbonyl (C=O) groups excluding carboxylic acids is 8. The molecule has 17 heteroatoms. The van der Waals surface area contributed by atoms with Gasteiger partial charge >= 0.3 is 0 Å². The topological polar surface area (TPSA) is 241 Å². The molecule has 0 radical (unpaired) electrons. The smallest absolute Gasteiger partial charge is 0.243 e. The average Bonchev–Trinajstić information content (AvgIpc) is 3.72. The predicted octanol–water partition coefficient (Wildman–Crippen LogP) is -1.56. The van der Waals surface area contributed by atoms with Gasteiger partial charge in [-0.2, -0.15) is 0 Å². The first-order valence-corrected chi connectivity index (χ1v) is 16.5. The molecule has 1 aromatic heterocycles. The van der Waals surface area contributed by atoms with E-state index in [0.717, 1.165) is 0 Å². The van der Waals surface area contributed by atoms with Crippen LogP contribution in [0.3, 0.4) is 0 Å². The molecule has 17 nitrogen and oxygen atoms in total. The Hall–Kier alpha value is -4.83. The molecule has 0 spiro atoms. The minimum atomic E-state index is -1.13. The SMILES string of the molecule is CC(=O)N[C@H](C(=O)N[C@@H](Cc1cnc[nH]1)C(=O)N[C@@H](C)C(=O)NCC(=O)N1CCC[C@H]1C(=O)N[C@H](C(=O)N[C@@H](C)C(C)=O)C(C)C)C(C)C. The highest BCUT2D eigenvalue weighted by Gasteiger charge is 2.37. The van der Waals surface area contributed by atoms with Gasteiger partial charge in [-0.25, -0.2) is 4.98 Å². The van der Waals surface area contributed by atoms with Crippen molar-refractivity contribution in [1.29, 1.82) is 0 Å². The lowest BCUT2D eigenvalue weighted by atomic mass is 10.0. The van der Waals surface area contributed by atoms with Gasteiger partial charge in [0.05, 0.1) is 18.9 Å². The number of carbonyl (C=O) groups is 8. The van der Waals surface area contributed by atoms with Crippen molar-refractivity contribution in [3.8, 4) is 0 Å². The molecule has 0 aromatic carbocycles. The highest BCUT2D eigenvalue weighted by atomic mass is 16.2. The van der Waals surface area contributed by atoms with E-state index in [1.807, 2.05) is 0 Å². The van der Waals surface area contributed by atoms with Crippen LogP contribution >= 0.6 is 0 Å². The molecule has 0 aliphatic carbocycles. The summed E-state index contributed by atoms with van der Waals surface area (Å²) < 4.78 is 0. The van der Waals surface area contributed by atoms with Crippen molar-refractivity contribution in [3.63, 3.8) is 0 Å². The summed E-state index contributed by atoms with van der Waals surface area (Å²) in [5.74, 6) is -4.72. The predicted molar refractivity (Wildman–Crippen MR) is 177 cm³/mol. The fraction of sp³-hybridized carbons (Fsp3) is 0.656. The number of aromatic amines is 1. The Morgan fingerprint density at radius 1 is 0.796 bits per heavy atom. The van der Waals surface area contributed by atoms with Crippen LogP contribution in [0, 0.1) is 11.8 Å². The van der Waals surface area contributed by atoms with E-state index in [2.05, 4.69) is 41.9 Å². The maximum Gasteiger partial charge on any atom is 0.243 e. The van der Waals surface area contributed by atoms with Gasteiger partial charge in [-0.15, -0.1) is 0 Å². The molecule has 1 aliphatic heterocycles. The number of nitrogens with one attached hydrogen (secondary N) is 7. The Morgan fingerprint density at radius 3 is 1.94 bits per heavy atom. The van der Waals surface area contributed by atoms with E-state index < -0.39 is 84.1 Å². The number of rotatable bonds is 17. The second kappa shape index (κ2) is 18.6. The van der Waals surface area contributed by atoms with Gasteiger partial charge in [0.1, 0.15) is 30.2 Å². The first-order valence-electron chi connectivity index (χ1n) is 16.5. The highest BCUT2D eigenvalue weighted by Crippen LogP contribution is 2.18. The Bertz CT molecular complexity index is 1360. The molecule has 0 bridgehead atoms. The molecule has 49 heavy (non-hydrogen) atoms. The standard InChI is InChI=1S/C32H51N9O8/c1-16(2)26(38-21(8)43)32(49)39-23(12-22-13-33-15-35-22)29(46)37-19(6)28(45)34-14-25(44)41-11-9-10-24(41)30(47)40-27(17(3)4)31(48)36-18(5)20(7)42/h13,15-19,23-24,26-27H,9-12,14H2,1-8H3,(H,33,35)(H,34,45)(H,36,48)(H,37,46)(H,38,43)(H,39,49)(H,40,47)/t18-,19-,23-,24-,26-,27-/m0/s1. The molecule has 7 amide bonds. The van der Waals surface area contributed by atoms with E-state index in [1.54, 1.807) is 34.6 Å². The Kier molecular flexibility index (Phi) is 15.4. The fourth-order valence-corrected chi connectivity index (χ4v) is 5.16. The van der Waals surface area contributed by atoms with Crippen LogP contribution in [0.4, 0.5) is 0 Å². The van der Waals surface area contributed by atoms with E-state index in [-0.39, 0.29) is 30.6 Å². The number of aromatic nitrogens is 2. The summed E-state index contributed by atoms with van der Waals surface area (Å²) in [6.45, 7) is 12.4. The molecule has 6 atom stereocenters. The highest BCUT2D eigenvalue weighted by molar-refractivity contribution is 5.97. The summed E-state index contributed by atoms with van der Waals surface area (Å²) in [5, 5.41) is 15.6. The Labute approximate surface area is 286 Å². The van der Waals surface area contributed by atoms with Crippen molar-refractivity contribution in [2.45, 2.75) is 111 Å². The molecule has 0 unspecified atom stereocenters. The van der Waals surface area contributed by atoms with E-state index in [1.165, 1.54) is 38.2 Å². The van der Waals surface area contributed by atoms with Crippen molar-refractivity contribution in [2.75, 3.05) is 13.1 Å². The summed E-state index contributed by atoms with van der Waals surface area (Å²) in [6.07, 6.45) is 3.81. The molecule has 0 saturated carbocycles. The van der Waals surface area contributed by atoms with Crippen LogP contribution in [-0.2, 0) is 44.8 Å². The zero-order chi connectivity index (χ0) is 37.0. The lowest BCUT2D eigenvalue weighted by Crippen LogP contribution is -2.58. The van der Waals surface area contributed by atoms with Crippen LogP contribution in [0.5, 0.6) is 0 Å². The van der Waals surface area contributed by atoms with Gasteiger partial charge in [-0.3, -0.25) is 38.4 Å². The number of nitrogens with zero attached hydrogens (tertiary/aromatic N) is 2. The molecule has 1 fully saturated rings. The lowest BCUT2D eigenvalue weighted by Gasteiger charge is -2.28. The molecule has 1 aromatic rings. The third-order valence-corrected chi connectivity index (χ3v) is 8.18. The molecular formula is C32H51N9O8. The lowest BCUT2D eigenvalue weighted by molar-refractivity contribution is -0.140. The van der Waals surface area contributed by atoms with Crippen LogP contribution in [0.15, 0.2) is 12.5 Å². The normalized spacial score (nSPS) is 17.3. The van der Waals surface area contributed by atoms with Crippen molar-refractivity contribution in [1.82, 2.24) is 46.8 Å². The van der Waals surface area contributed by atoms with Crippen molar-refractivity contribution < 1.29 is 38.4 Å². The van der Waals surface area contributed by atoms with Crippen LogP contribution in [0.1, 0.15) is 73.9 Å². The van der Waals surface area contributed by atoms with Crippen LogP contribution in [-0.4, -0.2) is 111 Å². The largest absolute Gasteiger partial charge is 0.348 e. The third-order valence-electron chi connectivity index (χ3n) is 8.18. The molecule has 272 valence electrons. The van der Waals surface area contributed by atoms with Gasteiger partial charge in [0.25, 0.3) is 0 Å². The Balaban J connectivity index is 2.01. The summed E-state index contributed by atoms with van der Waals surface area (Å²) >= 11 is 0. The number of hydrogen-bond acceptors (Lipinski definition) is 9. The molecular weight excluding hydrogens is 638 g/mol. The summed E-state index contributed by atoms with van der Waals surface area (Å²) in [6, 6.07) is -5.66. The molecule has 1 saturated heterocycles. The first-order chi connectivity index (χ1) is 22.9. The number of likely N-dealkylation sites (tertiary alicyclic amines) is 1. The van der Waals surface area contributed by atoms with Crippen LogP contribution in [0.25, 0.3) is 0 Å². The number of H-pyrrole nitrogens is 1. The summed E-state index contributed by atoms with van der Waals surface area (Å²) in [5.41, 5.74) is 0.541. The van der Waals surface area contributed by atoms with Gasteiger partial charge in [-0.05, 0) is 45.4 Å². The van der Waals surface area contributed by atoms with Gasteiger partial charge in [0.2, 0.25) is 41.4 Å². The molecule has 1 aliphatic rings. The van der Waals surface area contributed by atoms with E-state index in [0.29, 0.717) is 18.5 Å². The van der Waals surface area contributed by atoms with Gasteiger partial charge in [-0.1, -0.05) is 27.7 Å². The Morgan fingerprint density at radius 2 is 1.39 bits per heavy atom. The summed E-state index contributed by atoms with van der Waals surface area (Å²) in [4.78, 5) is 110. The van der Waals surface area contributed by atoms with E-state index in [9.17, 15) is 38.4 Å². The van der Waals surface area contributed by atoms with Crippen LogP contribution in [0.2, 0.25) is 0 Å². The number of Topliss-reactive ketones (excluding diaryl/α,β-unsaturated/α-hetero) is 1. The van der Waals surface area contributed by atoms with Crippen molar-refractivity contribution >= 4 is 47.1 Å².